The highest BCUT2D eigenvalue weighted by Gasteiger charge is 2.03. The molecule has 0 bridgehead atoms. The zero-order valence-corrected chi connectivity index (χ0v) is 6.50. The summed E-state index contributed by atoms with van der Waals surface area (Å²) in [5.74, 6) is 0. The predicted molar refractivity (Wildman–Crippen MR) is 38.7 cm³/mol. The Kier molecular flexibility index (Phi) is 1.21. The highest BCUT2D eigenvalue weighted by molar-refractivity contribution is 5.05. The van der Waals surface area contributed by atoms with Crippen molar-refractivity contribution in [3.05, 3.63) is 22.1 Å². The molecule has 0 unspecified atom stereocenters. The van der Waals surface area contributed by atoms with E-state index in [0.29, 0.717) is 6.67 Å². The largest absolute Gasteiger partial charge is 0.258 e. The van der Waals surface area contributed by atoms with Crippen LogP contribution in [0.3, 0.4) is 0 Å². The fourth-order valence-electron chi connectivity index (χ4n) is 1.14. The van der Waals surface area contributed by atoms with Crippen LogP contribution >= 0.6 is 0 Å². The first kappa shape index (κ1) is 6.39. The topological polar surface area (TPSA) is 50.5 Å². The molecule has 4 nitrogen and oxygen atoms in total. The molecular formula is C7H8N4. The summed E-state index contributed by atoms with van der Waals surface area (Å²) in [6.07, 6.45) is 0. The Bertz CT molecular complexity index is 368. The maximum absolute atomic E-state index is 4.19. The van der Waals surface area contributed by atoms with Gasteiger partial charge in [0.1, 0.15) is 17.4 Å². The van der Waals surface area contributed by atoms with Gasteiger partial charge in [0.2, 0.25) is 0 Å². The highest BCUT2D eigenvalue weighted by Crippen LogP contribution is 1.84. The number of hydrogen-bond acceptors (Lipinski definition) is 4. The fourth-order valence-corrected chi connectivity index (χ4v) is 1.14. The average Bonchev–Trinajstić information content (AvgIpc) is 2.45. The van der Waals surface area contributed by atoms with E-state index in [0.717, 1.165) is 22.1 Å². The SMILES string of the molecule is Cc1nnc(C)c2c1=NCN=2. The summed E-state index contributed by atoms with van der Waals surface area (Å²) in [6.45, 7) is 4.33. The second kappa shape index (κ2) is 2.08. The molecule has 1 aromatic rings. The number of hydrogen-bond donors (Lipinski definition) is 0. The van der Waals surface area contributed by atoms with Crippen LogP contribution in [0.15, 0.2) is 9.98 Å². The van der Waals surface area contributed by atoms with E-state index >= 15 is 0 Å². The third kappa shape index (κ3) is 0.824. The molecule has 0 saturated heterocycles. The van der Waals surface area contributed by atoms with Crippen LogP contribution < -0.4 is 10.7 Å². The van der Waals surface area contributed by atoms with E-state index in [9.17, 15) is 0 Å². The number of fused-ring (bicyclic) bond motifs is 1. The van der Waals surface area contributed by atoms with E-state index < -0.39 is 0 Å². The minimum atomic E-state index is 0.532. The van der Waals surface area contributed by atoms with Crippen molar-refractivity contribution < 1.29 is 0 Å². The molecule has 0 aromatic carbocycles. The Balaban J connectivity index is 2.98. The molecule has 0 N–H and O–H groups in total. The van der Waals surface area contributed by atoms with Gasteiger partial charge in [0, 0.05) is 0 Å². The van der Waals surface area contributed by atoms with Gasteiger partial charge in [-0.15, -0.1) is 0 Å². The molecule has 0 amide bonds. The molecule has 1 aliphatic heterocycles. The van der Waals surface area contributed by atoms with Gasteiger partial charge in [0.25, 0.3) is 0 Å². The smallest absolute Gasteiger partial charge is 0.131 e. The van der Waals surface area contributed by atoms with E-state index in [4.69, 9.17) is 0 Å². The van der Waals surface area contributed by atoms with Crippen LogP contribution in [0.5, 0.6) is 0 Å². The molecule has 11 heavy (non-hydrogen) atoms. The van der Waals surface area contributed by atoms with Gasteiger partial charge in [0.15, 0.2) is 0 Å². The van der Waals surface area contributed by atoms with Crippen molar-refractivity contribution in [3.63, 3.8) is 0 Å². The Morgan fingerprint density at radius 3 is 1.82 bits per heavy atom. The van der Waals surface area contributed by atoms with Gasteiger partial charge in [0.05, 0.1) is 11.4 Å². The van der Waals surface area contributed by atoms with E-state index in [1.165, 1.54) is 0 Å². The summed E-state index contributed by atoms with van der Waals surface area (Å²) in [7, 11) is 0. The fraction of sp³-hybridized carbons (Fsp3) is 0.429. The third-order valence-corrected chi connectivity index (χ3v) is 1.72. The van der Waals surface area contributed by atoms with Crippen LogP contribution in [0.2, 0.25) is 0 Å². The molecule has 0 aliphatic carbocycles. The van der Waals surface area contributed by atoms with E-state index in [2.05, 4.69) is 20.2 Å². The molecule has 0 saturated carbocycles. The van der Waals surface area contributed by atoms with E-state index in [1.54, 1.807) is 0 Å². The van der Waals surface area contributed by atoms with Crippen molar-refractivity contribution in [2.45, 2.75) is 13.8 Å². The Morgan fingerprint density at radius 2 is 1.36 bits per heavy atom. The molecule has 2 heterocycles. The van der Waals surface area contributed by atoms with Crippen LogP contribution in [-0.4, -0.2) is 16.9 Å². The van der Waals surface area contributed by atoms with Gasteiger partial charge in [-0.3, -0.25) is 9.98 Å². The molecule has 0 radical (unpaired) electrons. The first-order valence-electron chi connectivity index (χ1n) is 3.48. The number of rotatable bonds is 0. The minimum Gasteiger partial charge on any atom is -0.258 e. The maximum Gasteiger partial charge on any atom is 0.131 e. The van der Waals surface area contributed by atoms with E-state index in [-0.39, 0.29) is 0 Å². The summed E-state index contributed by atoms with van der Waals surface area (Å²) in [6, 6.07) is 0. The van der Waals surface area contributed by atoms with Gasteiger partial charge in [-0.25, -0.2) is 0 Å². The summed E-state index contributed by atoms with van der Waals surface area (Å²) in [4.78, 5) is 8.38. The zero-order valence-electron chi connectivity index (χ0n) is 6.50. The Morgan fingerprint density at radius 1 is 0.909 bits per heavy atom. The molecule has 2 rings (SSSR count). The Hall–Kier alpha value is -1.32. The van der Waals surface area contributed by atoms with Gasteiger partial charge < -0.3 is 0 Å². The second-order valence-electron chi connectivity index (χ2n) is 2.53. The lowest BCUT2D eigenvalue weighted by molar-refractivity contribution is 0.898. The standard InChI is InChI=1S/C7H8N4/c1-4-6-7(9-3-8-6)5(2)11-10-4/h3H2,1-2H3. The molecule has 1 aromatic heterocycles. The lowest BCUT2D eigenvalue weighted by atomic mass is 10.3. The normalized spacial score (nSPS) is 13.6. The molecule has 56 valence electrons. The Labute approximate surface area is 63.7 Å². The predicted octanol–water partition coefficient (Wildman–Crippen LogP) is -0.696. The molecule has 4 heteroatoms. The number of aromatic nitrogens is 2. The van der Waals surface area contributed by atoms with Crippen molar-refractivity contribution in [2.24, 2.45) is 9.98 Å². The molecule has 1 aliphatic rings. The van der Waals surface area contributed by atoms with Crippen molar-refractivity contribution in [2.75, 3.05) is 6.67 Å². The third-order valence-electron chi connectivity index (χ3n) is 1.72. The zero-order chi connectivity index (χ0) is 7.84. The van der Waals surface area contributed by atoms with Gasteiger partial charge in [-0.2, -0.15) is 10.2 Å². The van der Waals surface area contributed by atoms with Crippen LogP contribution in [0.1, 0.15) is 11.4 Å². The summed E-state index contributed by atoms with van der Waals surface area (Å²) in [5.41, 5.74) is 1.73. The van der Waals surface area contributed by atoms with Crippen molar-refractivity contribution in [1.82, 2.24) is 10.2 Å². The van der Waals surface area contributed by atoms with E-state index in [1.807, 2.05) is 13.8 Å². The molecule has 0 atom stereocenters. The van der Waals surface area contributed by atoms with Gasteiger partial charge >= 0.3 is 0 Å². The summed E-state index contributed by atoms with van der Waals surface area (Å²) >= 11 is 0. The first-order valence-corrected chi connectivity index (χ1v) is 3.48. The van der Waals surface area contributed by atoms with Crippen molar-refractivity contribution in [3.8, 4) is 0 Å². The first-order chi connectivity index (χ1) is 5.29. The van der Waals surface area contributed by atoms with Gasteiger partial charge in [-0.05, 0) is 13.8 Å². The van der Waals surface area contributed by atoms with Crippen LogP contribution in [0, 0.1) is 13.8 Å². The second-order valence-corrected chi connectivity index (χ2v) is 2.53. The quantitative estimate of drug-likeness (QED) is 0.488. The van der Waals surface area contributed by atoms with Crippen LogP contribution in [0.4, 0.5) is 0 Å². The summed E-state index contributed by atoms with van der Waals surface area (Å²) < 4.78 is 0. The number of nitrogens with zero attached hydrogens (tertiary/aromatic N) is 4. The van der Waals surface area contributed by atoms with Gasteiger partial charge in [-0.1, -0.05) is 0 Å². The average molecular weight is 148 g/mol. The van der Waals surface area contributed by atoms with Crippen molar-refractivity contribution >= 4 is 0 Å². The van der Waals surface area contributed by atoms with Crippen LogP contribution in [0.25, 0.3) is 0 Å². The monoisotopic (exact) mass is 148 g/mol. The summed E-state index contributed by atoms with van der Waals surface area (Å²) in [5, 5.41) is 9.72. The minimum absolute atomic E-state index is 0.532. The molecule has 0 spiro atoms. The molecule has 0 fully saturated rings. The highest BCUT2D eigenvalue weighted by atomic mass is 15.1. The van der Waals surface area contributed by atoms with Crippen molar-refractivity contribution in [1.29, 1.82) is 0 Å². The lowest BCUT2D eigenvalue weighted by Gasteiger charge is -1.90. The number of aryl methyl sites for hydroxylation is 2. The maximum atomic E-state index is 4.19. The lowest BCUT2D eigenvalue weighted by Crippen LogP contribution is -2.30. The van der Waals surface area contributed by atoms with Crippen LogP contribution in [-0.2, 0) is 0 Å². The molecular weight excluding hydrogens is 140 g/mol.